The Morgan fingerprint density at radius 3 is 2.85 bits per heavy atom. The number of nitrogens with one attached hydrogen (secondary N) is 1. The fourth-order valence-corrected chi connectivity index (χ4v) is 2.42. The van der Waals surface area contributed by atoms with E-state index in [1.54, 1.807) is 0 Å². The summed E-state index contributed by atoms with van der Waals surface area (Å²) in [5, 5.41) is 4.29. The first kappa shape index (κ1) is 11.3. The van der Waals surface area contributed by atoms with E-state index in [4.69, 9.17) is 4.74 Å². The quantitative estimate of drug-likeness (QED) is 0.683. The minimum Gasteiger partial charge on any atom is -0.379 e. The van der Waals surface area contributed by atoms with Gasteiger partial charge in [-0.15, -0.1) is 0 Å². The molecule has 0 aromatic carbocycles. The van der Waals surface area contributed by atoms with Crippen LogP contribution in [0.5, 0.6) is 0 Å². The summed E-state index contributed by atoms with van der Waals surface area (Å²) in [5.41, 5.74) is 0. The molecule has 0 spiro atoms. The van der Waals surface area contributed by atoms with Gasteiger partial charge in [-0.05, 0) is 32.1 Å². The molecule has 1 aliphatic rings. The summed E-state index contributed by atoms with van der Waals surface area (Å²) in [6, 6.07) is 0.674. The maximum Gasteiger partial charge on any atom is 0.0607 e. The van der Waals surface area contributed by atoms with E-state index >= 15 is 0 Å². The van der Waals surface area contributed by atoms with Gasteiger partial charge in [-0.3, -0.25) is 0 Å². The monoisotopic (exact) mass is 203 g/mol. The average Bonchev–Trinajstić information content (AvgIpc) is 2.06. The van der Waals surface area contributed by atoms with E-state index in [0.29, 0.717) is 6.04 Å². The van der Waals surface area contributed by atoms with Gasteiger partial charge in [0.25, 0.3) is 0 Å². The van der Waals surface area contributed by atoms with Crippen molar-refractivity contribution in [3.8, 4) is 0 Å². The molecule has 1 heterocycles. The van der Waals surface area contributed by atoms with Gasteiger partial charge in [-0.25, -0.2) is 0 Å². The molecule has 1 atom stereocenters. The van der Waals surface area contributed by atoms with E-state index in [-0.39, 0.29) is 0 Å². The average molecular weight is 203 g/mol. The Labute approximate surface area is 85.8 Å². The van der Waals surface area contributed by atoms with Gasteiger partial charge in [0.05, 0.1) is 18.5 Å². The Balaban J connectivity index is 1.85. The lowest BCUT2D eigenvalue weighted by atomic mass is 10.2. The van der Waals surface area contributed by atoms with Gasteiger partial charge in [0.1, 0.15) is 0 Å². The van der Waals surface area contributed by atoms with Crippen molar-refractivity contribution in [3.63, 3.8) is 0 Å². The Bertz CT molecular complexity index is 128. The standard InChI is InChI=1S/C10H21NOS/c1-3-5-11-9(2)4-6-13-10-7-12-8-10/h9-11H,3-8H2,1-2H3. The number of rotatable bonds is 7. The first-order valence-corrected chi connectivity index (χ1v) is 6.30. The van der Waals surface area contributed by atoms with Crippen LogP contribution in [0.15, 0.2) is 0 Å². The van der Waals surface area contributed by atoms with E-state index in [1.807, 2.05) is 0 Å². The van der Waals surface area contributed by atoms with Crippen LogP contribution < -0.4 is 5.32 Å². The summed E-state index contributed by atoms with van der Waals surface area (Å²) in [6.07, 6.45) is 2.51. The van der Waals surface area contributed by atoms with Crippen molar-refractivity contribution < 1.29 is 4.74 Å². The zero-order valence-corrected chi connectivity index (χ0v) is 9.53. The minimum atomic E-state index is 0.674. The van der Waals surface area contributed by atoms with Crippen LogP contribution in [0.1, 0.15) is 26.7 Å². The highest BCUT2D eigenvalue weighted by Crippen LogP contribution is 2.19. The van der Waals surface area contributed by atoms with Crippen molar-refractivity contribution in [2.75, 3.05) is 25.5 Å². The molecule has 1 aliphatic heterocycles. The number of hydrogen-bond donors (Lipinski definition) is 1. The Morgan fingerprint density at radius 2 is 2.31 bits per heavy atom. The predicted molar refractivity (Wildman–Crippen MR) is 59.4 cm³/mol. The second-order valence-electron chi connectivity index (χ2n) is 3.67. The van der Waals surface area contributed by atoms with Crippen molar-refractivity contribution in [2.45, 2.75) is 38.0 Å². The van der Waals surface area contributed by atoms with E-state index in [2.05, 4.69) is 30.9 Å². The molecule has 0 aromatic rings. The molecular formula is C10H21NOS. The van der Waals surface area contributed by atoms with Gasteiger partial charge in [-0.2, -0.15) is 11.8 Å². The van der Waals surface area contributed by atoms with Crippen LogP contribution in [0.2, 0.25) is 0 Å². The van der Waals surface area contributed by atoms with Crippen LogP contribution in [-0.4, -0.2) is 36.8 Å². The van der Waals surface area contributed by atoms with Crippen molar-refractivity contribution in [1.82, 2.24) is 5.32 Å². The van der Waals surface area contributed by atoms with Crippen molar-refractivity contribution in [1.29, 1.82) is 0 Å². The number of thioether (sulfide) groups is 1. The number of ether oxygens (including phenoxy) is 1. The van der Waals surface area contributed by atoms with Crippen LogP contribution in [-0.2, 0) is 4.74 Å². The molecule has 0 aliphatic carbocycles. The molecule has 0 aromatic heterocycles. The Morgan fingerprint density at radius 1 is 1.54 bits per heavy atom. The van der Waals surface area contributed by atoms with Gasteiger partial charge in [0.2, 0.25) is 0 Å². The van der Waals surface area contributed by atoms with E-state index in [0.717, 1.165) is 25.0 Å². The van der Waals surface area contributed by atoms with Crippen LogP contribution in [0.3, 0.4) is 0 Å². The molecule has 1 fully saturated rings. The smallest absolute Gasteiger partial charge is 0.0607 e. The minimum absolute atomic E-state index is 0.674. The van der Waals surface area contributed by atoms with Crippen molar-refractivity contribution in [2.24, 2.45) is 0 Å². The summed E-state index contributed by atoms with van der Waals surface area (Å²) in [4.78, 5) is 0. The summed E-state index contributed by atoms with van der Waals surface area (Å²) >= 11 is 2.06. The number of hydrogen-bond acceptors (Lipinski definition) is 3. The molecule has 2 nitrogen and oxygen atoms in total. The van der Waals surface area contributed by atoms with Gasteiger partial charge < -0.3 is 10.1 Å². The summed E-state index contributed by atoms with van der Waals surface area (Å²) < 4.78 is 5.12. The maximum absolute atomic E-state index is 5.12. The predicted octanol–water partition coefficient (Wildman–Crippen LogP) is 1.90. The van der Waals surface area contributed by atoms with Crippen molar-refractivity contribution in [3.05, 3.63) is 0 Å². The zero-order chi connectivity index (χ0) is 9.52. The lowest BCUT2D eigenvalue weighted by Crippen LogP contribution is -2.32. The third-order valence-corrected chi connectivity index (χ3v) is 3.47. The topological polar surface area (TPSA) is 21.3 Å². The molecule has 1 rings (SSSR count). The molecular weight excluding hydrogens is 182 g/mol. The molecule has 0 bridgehead atoms. The normalized spacial score (nSPS) is 19.8. The fraction of sp³-hybridized carbons (Fsp3) is 1.00. The Kier molecular flexibility index (Phi) is 5.83. The zero-order valence-electron chi connectivity index (χ0n) is 8.71. The van der Waals surface area contributed by atoms with Gasteiger partial charge >= 0.3 is 0 Å². The third kappa shape index (κ3) is 4.89. The molecule has 1 N–H and O–H groups in total. The van der Waals surface area contributed by atoms with Crippen LogP contribution in [0.4, 0.5) is 0 Å². The second kappa shape index (κ2) is 6.68. The van der Waals surface area contributed by atoms with Crippen LogP contribution in [0.25, 0.3) is 0 Å². The highest BCUT2D eigenvalue weighted by atomic mass is 32.2. The van der Waals surface area contributed by atoms with E-state index < -0.39 is 0 Å². The van der Waals surface area contributed by atoms with Gasteiger partial charge in [-0.1, -0.05) is 6.92 Å². The molecule has 13 heavy (non-hydrogen) atoms. The highest BCUT2D eigenvalue weighted by Gasteiger charge is 2.18. The van der Waals surface area contributed by atoms with E-state index in [9.17, 15) is 0 Å². The second-order valence-corrected chi connectivity index (χ2v) is 5.08. The summed E-state index contributed by atoms with van der Waals surface area (Å²) in [6.45, 7) is 7.58. The first-order valence-electron chi connectivity index (χ1n) is 5.25. The molecule has 0 saturated carbocycles. The van der Waals surface area contributed by atoms with Crippen LogP contribution in [0, 0.1) is 0 Å². The van der Waals surface area contributed by atoms with Gasteiger partial charge in [0, 0.05) is 6.04 Å². The lowest BCUT2D eigenvalue weighted by Gasteiger charge is -2.25. The Hall–Kier alpha value is 0.270. The lowest BCUT2D eigenvalue weighted by molar-refractivity contribution is 0.0455. The SMILES string of the molecule is CCCNC(C)CCSC1COC1. The summed E-state index contributed by atoms with van der Waals surface area (Å²) in [5.74, 6) is 1.27. The van der Waals surface area contributed by atoms with E-state index in [1.165, 1.54) is 18.6 Å². The molecule has 0 radical (unpaired) electrons. The highest BCUT2D eigenvalue weighted by molar-refractivity contribution is 8.00. The molecule has 1 saturated heterocycles. The fourth-order valence-electron chi connectivity index (χ4n) is 1.21. The van der Waals surface area contributed by atoms with Gasteiger partial charge in [0.15, 0.2) is 0 Å². The molecule has 3 heteroatoms. The largest absolute Gasteiger partial charge is 0.379 e. The van der Waals surface area contributed by atoms with Crippen LogP contribution >= 0.6 is 11.8 Å². The third-order valence-electron chi connectivity index (χ3n) is 2.25. The summed E-state index contributed by atoms with van der Waals surface area (Å²) in [7, 11) is 0. The maximum atomic E-state index is 5.12. The molecule has 78 valence electrons. The molecule has 1 unspecified atom stereocenters. The van der Waals surface area contributed by atoms with Crippen molar-refractivity contribution >= 4 is 11.8 Å². The first-order chi connectivity index (χ1) is 6.33. The molecule has 0 amide bonds.